The Morgan fingerprint density at radius 3 is 2.64 bits per heavy atom. The fourth-order valence-corrected chi connectivity index (χ4v) is 4.10. The molecule has 0 bridgehead atoms. The maximum absolute atomic E-state index is 10.9. The molecule has 64 valence electrons. The van der Waals surface area contributed by atoms with Crippen molar-refractivity contribution < 1.29 is 4.79 Å². The molecular formula is C8H15ClOSi. The third-order valence-electron chi connectivity index (χ3n) is 1.54. The molecule has 0 aromatic rings. The van der Waals surface area contributed by atoms with Crippen LogP contribution in [0.15, 0.2) is 12.7 Å². The van der Waals surface area contributed by atoms with Gasteiger partial charge in [-0.2, -0.15) is 11.1 Å². The maximum atomic E-state index is 10.9. The Labute approximate surface area is 74.2 Å². The number of carbonyl (C=O) groups is 1. The van der Waals surface area contributed by atoms with E-state index in [0.29, 0.717) is 6.04 Å². The molecule has 0 aliphatic rings. The van der Waals surface area contributed by atoms with E-state index in [9.17, 15) is 4.79 Å². The van der Waals surface area contributed by atoms with Crippen molar-refractivity contribution in [2.75, 3.05) is 0 Å². The third kappa shape index (κ3) is 5.22. The summed E-state index contributed by atoms with van der Waals surface area (Å²) in [5.74, 6) is 0.0858. The van der Waals surface area contributed by atoms with E-state index in [0.717, 1.165) is 12.5 Å². The van der Waals surface area contributed by atoms with E-state index < -0.39 is 7.38 Å². The van der Waals surface area contributed by atoms with Gasteiger partial charge in [0.25, 0.3) is 0 Å². The molecule has 0 rings (SSSR count). The van der Waals surface area contributed by atoms with Crippen LogP contribution < -0.4 is 0 Å². The number of ketones is 1. The first-order valence-electron chi connectivity index (χ1n) is 3.86. The largest absolute Gasteiger partial charge is 0.295 e. The van der Waals surface area contributed by atoms with Crippen LogP contribution in [0.1, 0.15) is 13.3 Å². The topological polar surface area (TPSA) is 17.1 Å². The summed E-state index contributed by atoms with van der Waals surface area (Å²) >= 11 is 6.18. The first kappa shape index (κ1) is 10.9. The summed E-state index contributed by atoms with van der Waals surface area (Å²) in [6.45, 7) is 7.54. The normalized spacial score (nSPS) is 15.5. The second-order valence-electron chi connectivity index (χ2n) is 3.01. The molecule has 0 aromatic carbocycles. The van der Waals surface area contributed by atoms with E-state index in [1.807, 2.05) is 6.55 Å². The van der Waals surface area contributed by atoms with Gasteiger partial charge < -0.3 is 0 Å². The van der Waals surface area contributed by atoms with Gasteiger partial charge in [0.15, 0.2) is 13.2 Å². The average Bonchev–Trinajstić information content (AvgIpc) is 1.86. The van der Waals surface area contributed by atoms with Crippen LogP contribution in [0.5, 0.6) is 0 Å². The second-order valence-corrected chi connectivity index (χ2v) is 9.43. The summed E-state index contributed by atoms with van der Waals surface area (Å²) < 4.78 is 0. The molecule has 0 aliphatic heterocycles. The van der Waals surface area contributed by atoms with E-state index >= 15 is 0 Å². The number of rotatable bonds is 5. The third-order valence-corrected chi connectivity index (χ3v) is 5.14. The van der Waals surface area contributed by atoms with Gasteiger partial charge in [-0.25, -0.2) is 0 Å². The van der Waals surface area contributed by atoms with Crippen molar-refractivity contribution in [3.05, 3.63) is 12.7 Å². The molecule has 3 heteroatoms. The molecule has 0 N–H and O–H groups in total. The van der Waals surface area contributed by atoms with Crippen molar-refractivity contribution >= 4 is 24.2 Å². The molecule has 0 heterocycles. The van der Waals surface area contributed by atoms with Crippen LogP contribution in [-0.2, 0) is 4.79 Å². The minimum absolute atomic E-state index is 0.0858. The molecule has 0 amide bonds. The standard InChI is InChI=1S/C8H15ClOSi/c1-4-6-11(3,9)7-8(10)5-2/h5H,2,4,6-7H2,1,3H3. The van der Waals surface area contributed by atoms with Gasteiger partial charge in [0.2, 0.25) is 0 Å². The number of allylic oxidation sites excluding steroid dienone is 1. The molecule has 0 saturated heterocycles. The SMILES string of the molecule is C=CC(=O)C[Si](C)(Cl)CCC. The van der Waals surface area contributed by atoms with E-state index in [-0.39, 0.29) is 5.78 Å². The molecule has 0 aliphatic carbocycles. The van der Waals surface area contributed by atoms with Crippen molar-refractivity contribution in [1.82, 2.24) is 0 Å². The van der Waals surface area contributed by atoms with Gasteiger partial charge in [-0.3, -0.25) is 4.79 Å². The molecule has 11 heavy (non-hydrogen) atoms. The van der Waals surface area contributed by atoms with Gasteiger partial charge in [-0.05, 0) is 12.1 Å². The summed E-state index contributed by atoms with van der Waals surface area (Å²) in [7, 11) is -1.74. The Bertz CT molecular complexity index is 154. The van der Waals surface area contributed by atoms with Crippen LogP contribution in [-0.4, -0.2) is 13.2 Å². The van der Waals surface area contributed by atoms with Gasteiger partial charge in [-0.1, -0.05) is 26.5 Å². The van der Waals surface area contributed by atoms with Crippen molar-refractivity contribution in [1.29, 1.82) is 0 Å². The van der Waals surface area contributed by atoms with Crippen LogP contribution >= 0.6 is 11.1 Å². The summed E-state index contributed by atoms with van der Waals surface area (Å²) in [5.41, 5.74) is 0. The lowest BCUT2D eigenvalue weighted by molar-refractivity contribution is -0.112. The lowest BCUT2D eigenvalue weighted by Crippen LogP contribution is -2.24. The highest BCUT2D eigenvalue weighted by Crippen LogP contribution is 2.22. The molecule has 1 nitrogen and oxygen atoms in total. The fourth-order valence-electron chi connectivity index (χ4n) is 1.05. The first-order chi connectivity index (χ1) is 5.02. The molecule has 0 radical (unpaired) electrons. The fraction of sp³-hybridized carbons (Fsp3) is 0.625. The quantitative estimate of drug-likeness (QED) is 0.370. The van der Waals surface area contributed by atoms with Crippen LogP contribution in [0.25, 0.3) is 0 Å². The molecule has 0 spiro atoms. The average molecular weight is 191 g/mol. The van der Waals surface area contributed by atoms with Crippen LogP contribution in [0.4, 0.5) is 0 Å². The van der Waals surface area contributed by atoms with E-state index in [1.165, 1.54) is 6.08 Å². The van der Waals surface area contributed by atoms with Gasteiger partial charge in [-0.15, -0.1) is 0 Å². The minimum atomic E-state index is -1.74. The zero-order chi connectivity index (χ0) is 8.91. The summed E-state index contributed by atoms with van der Waals surface area (Å²) in [4.78, 5) is 10.9. The van der Waals surface area contributed by atoms with Crippen LogP contribution in [0, 0.1) is 0 Å². The lowest BCUT2D eigenvalue weighted by Gasteiger charge is -2.15. The Hall–Kier alpha value is -0.0831. The van der Waals surface area contributed by atoms with E-state index in [4.69, 9.17) is 11.1 Å². The molecule has 1 unspecified atom stereocenters. The van der Waals surface area contributed by atoms with E-state index in [2.05, 4.69) is 13.5 Å². The number of hydrogen-bond acceptors (Lipinski definition) is 1. The molecule has 0 saturated carbocycles. The Morgan fingerprint density at radius 2 is 2.27 bits per heavy atom. The smallest absolute Gasteiger partial charge is 0.161 e. The van der Waals surface area contributed by atoms with Gasteiger partial charge in [0, 0.05) is 6.04 Å². The lowest BCUT2D eigenvalue weighted by atomic mass is 10.4. The predicted molar refractivity (Wildman–Crippen MR) is 52.6 cm³/mol. The number of halogens is 1. The zero-order valence-corrected chi connectivity index (χ0v) is 8.95. The van der Waals surface area contributed by atoms with E-state index in [1.54, 1.807) is 0 Å². The van der Waals surface area contributed by atoms with Gasteiger partial charge >= 0.3 is 0 Å². The van der Waals surface area contributed by atoms with Gasteiger partial charge in [0.05, 0.1) is 0 Å². The number of carbonyl (C=O) groups excluding carboxylic acids is 1. The zero-order valence-electron chi connectivity index (χ0n) is 7.19. The summed E-state index contributed by atoms with van der Waals surface area (Å²) in [6, 6.07) is 1.54. The molecular weight excluding hydrogens is 176 g/mol. The van der Waals surface area contributed by atoms with Crippen molar-refractivity contribution in [2.45, 2.75) is 32.0 Å². The highest BCUT2D eigenvalue weighted by atomic mass is 35.6. The monoisotopic (exact) mass is 190 g/mol. The minimum Gasteiger partial charge on any atom is -0.295 e. The molecule has 0 fully saturated rings. The van der Waals surface area contributed by atoms with Gasteiger partial charge in [0.1, 0.15) is 0 Å². The Morgan fingerprint density at radius 1 is 1.73 bits per heavy atom. The van der Waals surface area contributed by atoms with Crippen LogP contribution in [0.2, 0.25) is 18.6 Å². The van der Waals surface area contributed by atoms with Crippen LogP contribution in [0.3, 0.4) is 0 Å². The second kappa shape index (κ2) is 4.73. The highest BCUT2D eigenvalue weighted by molar-refractivity contribution is 7.20. The van der Waals surface area contributed by atoms with Crippen molar-refractivity contribution in [3.8, 4) is 0 Å². The number of hydrogen-bond donors (Lipinski definition) is 0. The highest BCUT2D eigenvalue weighted by Gasteiger charge is 2.25. The molecule has 0 aromatic heterocycles. The first-order valence-corrected chi connectivity index (χ1v) is 7.78. The Balaban J connectivity index is 3.89. The Kier molecular flexibility index (Phi) is 4.69. The molecule has 1 atom stereocenters. The summed E-state index contributed by atoms with van der Waals surface area (Å²) in [6.07, 6.45) is 2.43. The maximum Gasteiger partial charge on any atom is 0.161 e. The predicted octanol–water partition coefficient (Wildman–Crippen LogP) is 2.97. The van der Waals surface area contributed by atoms with Crippen molar-refractivity contribution in [3.63, 3.8) is 0 Å². The summed E-state index contributed by atoms with van der Waals surface area (Å²) in [5, 5.41) is 0. The van der Waals surface area contributed by atoms with Crippen molar-refractivity contribution in [2.24, 2.45) is 0 Å².